The standard InChI is InChI=1S/C13H18ClN3O3/c1-7(2)9(6-15)13(18)16-11-5-10(14)12(17(19)20)4-8(11)3/h4-5,7,9H,6,15H2,1-3H3,(H,16,18). The molecule has 20 heavy (non-hydrogen) atoms. The molecule has 0 aromatic heterocycles. The molecule has 1 rings (SSSR count). The second-order valence-corrected chi connectivity index (χ2v) is 5.36. The maximum absolute atomic E-state index is 12.1. The number of aryl methyl sites for hydroxylation is 1. The van der Waals surface area contributed by atoms with E-state index in [9.17, 15) is 14.9 Å². The predicted molar refractivity (Wildman–Crippen MR) is 78.9 cm³/mol. The summed E-state index contributed by atoms with van der Waals surface area (Å²) in [6.07, 6.45) is 0. The maximum atomic E-state index is 12.1. The van der Waals surface area contributed by atoms with Crippen LogP contribution in [0.4, 0.5) is 11.4 Å². The highest BCUT2D eigenvalue weighted by Gasteiger charge is 2.22. The van der Waals surface area contributed by atoms with Crippen LogP contribution in [-0.4, -0.2) is 17.4 Å². The topological polar surface area (TPSA) is 98.3 Å². The van der Waals surface area contributed by atoms with Crippen LogP contribution in [0.15, 0.2) is 12.1 Å². The average molecular weight is 300 g/mol. The van der Waals surface area contributed by atoms with E-state index < -0.39 is 4.92 Å². The third-order valence-electron chi connectivity index (χ3n) is 3.14. The number of hydrogen-bond acceptors (Lipinski definition) is 4. The first-order valence-corrected chi connectivity index (χ1v) is 6.61. The van der Waals surface area contributed by atoms with Crippen molar-refractivity contribution in [3.8, 4) is 0 Å². The zero-order valence-corrected chi connectivity index (χ0v) is 12.4. The Hall–Kier alpha value is -1.66. The van der Waals surface area contributed by atoms with Gasteiger partial charge in [-0.2, -0.15) is 0 Å². The summed E-state index contributed by atoms with van der Waals surface area (Å²) in [7, 11) is 0. The largest absolute Gasteiger partial charge is 0.330 e. The number of hydrogen-bond donors (Lipinski definition) is 2. The van der Waals surface area contributed by atoms with Gasteiger partial charge in [0.05, 0.1) is 10.8 Å². The summed E-state index contributed by atoms with van der Waals surface area (Å²) in [5, 5.41) is 13.5. The van der Waals surface area contributed by atoms with Crippen LogP contribution in [0.5, 0.6) is 0 Å². The van der Waals surface area contributed by atoms with Crippen LogP contribution in [-0.2, 0) is 4.79 Å². The number of nitro benzene ring substituents is 1. The van der Waals surface area contributed by atoms with Gasteiger partial charge >= 0.3 is 0 Å². The van der Waals surface area contributed by atoms with Gasteiger partial charge in [0.2, 0.25) is 5.91 Å². The number of nitro groups is 1. The smallest absolute Gasteiger partial charge is 0.288 e. The van der Waals surface area contributed by atoms with Crippen molar-refractivity contribution < 1.29 is 9.72 Å². The fourth-order valence-electron chi connectivity index (χ4n) is 1.85. The summed E-state index contributed by atoms with van der Waals surface area (Å²) in [5.41, 5.74) is 6.45. The van der Waals surface area contributed by atoms with Crippen molar-refractivity contribution in [3.63, 3.8) is 0 Å². The van der Waals surface area contributed by atoms with E-state index in [-0.39, 0.29) is 35.0 Å². The lowest BCUT2D eigenvalue weighted by Gasteiger charge is -2.19. The van der Waals surface area contributed by atoms with Gasteiger partial charge in [0, 0.05) is 18.3 Å². The first-order valence-electron chi connectivity index (χ1n) is 6.23. The highest BCUT2D eigenvalue weighted by atomic mass is 35.5. The van der Waals surface area contributed by atoms with E-state index in [2.05, 4.69) is 5.32 Å². The van der Waals surface area contributed by atoms with E-state index in [1.807, 2.05) is 13.8 Å². The Labute approximate surface area is 122 Å². The van der Waals surface area contributed by atoms with Crippen LogP contribution in [0.1, 0.15) is 19.4 Å². The minimum atomic E-state index is -0.558. The molecule has 1 unspecified atom stereocenters. The van der Waals surface area contributed by atoms with Gasteiger partial charge in [0.1, 0.15) is 5.02 Å². The van der Waals surface area contributed by atoms with Gasteiger partial charge < -0.3 is 11.1 Å². The molecule has 7 heteroatoms. The SMILES string of the molecule is Cc1cc([N+](=O)[O-])c(Cl)cc1NC(=O)C(CN)C(C)C. The predicted octanol–water partition coefficient (Wildman–Crippen LogP) is 2.73. The van der Waals surface area contributed by atoms with E-state index in [0.29, 0.717) is 11.3 Å². The summed E-state index contributed by atoms with van der Waals surface area (Å²) in [6.45, 7) is 5.73. The quantitative estimate of drug-likeness (QED) is 0.645. The van der Waals surface area contributed by atoms with Gasteiger partial charge in [-0.3, -0.25) is 14.9 Å². The first kappa shape index (κ1) is 16.4. The number of nitrogens with two attached hydrogens (primary N) is 1. The van der Waals surface area contributed by atoms with Gasteiger partial charge in [-0.1, -0.05) is 25.4 Å². The molecule has 1 amide bonds. The number of rotatable bonds is 5. The van der Waals surface area contributed by atoms with Crippen LogP contribution < -0.4 is 11.1 Å². The van der Waals surface area contributed by atoms with Crippen LogP contribution in [0, 0.1) is 28.9 Å². The Kier molecular flexibility index (Phi) is 5.47. The summed E-state index contributed by atoms with van der Waals surface area (Å²) in [6, 6.07) is 2.73. The Morgan fingerprint density at radius 2 is 2.10 bits per heavy atom. The van der Waals surface area contributed by atoms with Crippen molar-refractivity contribution in [1.29, 1.82) is 0 Å². The molecule has 1 aromatic rings. The summed E-state index contributed by atoms with van der Waals surface area (Å²) >= 11 is 5.84. The summed E-state index contributed by atoms with van der Waals surface area (Å²) in [5.74, 6) is -0.423. The van der Waals surface area contributed by atoms with Gasteiger partial charge in [0.25, 0.3) is 5.69 Å². The molecule has 0 fully saturated rings. The number of amides is 1. The monoisotopic (exact) mass is 299 g/mol. The van der Waals surface area contributed by atoms with E-state index in [1.165, 1.54) is 12.1 Å². The number of benzene rings is 1. The molecule has 0 bridgehead atoms. The lowest BCUT2D eigenvalue weighted by atomic mass is 9.95. The van der Waals surface area contributed by atoms with Crippen LogP contribution in [0.25, 0.3) is 0 Å². The van der Waals surface area contributed by atoms with Gasteiger partial charge in [0.15, 0.2) is 0 Å². The molecule has 6 nitrogen and oxygen atoms in total. The van der Waals surface area contributed by atoms with Crippen molar-refractivity contribution in [2.75, 3.05) is 11.9 Å². The molecule has 0 aliphatic rings. The van der Waals surface area contributed by atoms with Crippen LogP contribution in [0.2, 0.25) is 5.02 Å². The lowest BCUT2D eigenvalue weighted by Crippen LogP contribution is -2.33. The Bertz CT molecular complexity index is 532. The Balaban J connectivity index is 3.02. The van der Waals surface area contributed by atoms with E-state index in [4.69, 9.17) is 17.3 Å². The van der Waals surface area contributed by atoms with E-state index >= 15 is 0 Å². The molecule has 0 spiro atoms. The maximum Gasteiger partial charge on any atom is 0.288 e. The van der Waals surface area contributed by atoms with Gasteiger partial charge in [-0.25, -0.2) is 0 Å². The molecule has 3 N–H and O–H groups in total. The number of nitrogens with zero attached hydrogens (tertiary/aromatic N) is 1. The minimum Gasteiger partial charge on any atom is -0.330 e. The van der Waals surface area contributed by atoms with Crippen LogP contribution in [0.3, 0.4) is 0 Å². The second kappa shape index (κ2) is 6.67. The molecular formula is C13H18ClN3O3. The number of carbonyl (C=O) groups is 1. The van der Waals surface area contributed by atoms with Crippen LogP contribution >= 0.6 is 11.6 Å². The molecule has 0 heterocycles. The Morgan fingerprint density at radius 1 is 1.50 bits per heavy atom. The van der Waals surface area contributed by atoms with Crippen molar-refractivity contribution in [1.82, 2.24) is 0 Å². The highest BCUT2D eigenvalue weighted by Crippen LogP contribution is 2.30. The number of anilines is 1. The highest BCUT2D eigenvalue weighted by molar-refractivity contribution is 6.33. The average Bonchev–Trinajstić information content (AvgIpc) is 2.33. The van der Waals surface area contributed by atoms with E-state index in [0.717, 1.165) is 0 Å². The normalized spacial score (nSPS) is 12.3. The molecule has 0 radical (unpaired) electrons. The number of carbonyl (C=O) groups excluding carboxylic acids is 1. The van der Waals surface area contributed by atoms with Crippen molar-refractivity contribution >= 4 is 28.9 Å². The summed E-state index contributed by atoms with van der Waals surface area (Å²) in [4.78, 5) is 22.3. The molecule has 1 atom stereocenters. The number of nitrogens with one attached hydrogen (secondary N) is 1. The zero-order valence-electron chi connectivity index (χ0n) is 11.6. The minimum absolute atomic E-state index is 0.00949. The molecule has 0 saturated heterocycles. The van der Waals surface area contributed by atoms with Crippen molar-refractivity contribution in [2.24, 2.45) is 17.6 Å². The molecular weight excluding hydrogens is 282 g/mol. The lowest BCUT2D eigenvalue weighted by molar-refractivity contribution is -0.384. The van der Waals surface area contributed by atoms with Gasteiger partial charge in [-0.15, -0.1) is 0 Å². The third-order valence-corrected chi connectivity index (χ3v) is 3.45. The zero-order chi connectivity index (χ0) is 15.4. The number of halogens is 1. The first-order chi connectivity index (χ1) is 9.27. The molecule has 0 saturated carbocycles. The molecule has 110 valence electrons. The van der Waals surface area contributed by atoms with Crippen molar-refractivity contribution in [2.45, 2.75) is 20.8 Å². The van der Waals surface area contributed by atoms with Crippen molar-refractivity contribution in [3.05, 3.63) is 32.8 Å². The molecule has 0 aliphatic carbocycles. The fraction of sp³-hybridized carbons (Fsp3) is 0.462. The second-order valence-electron chi connectivity index (χ2n) is 4.95. The molecule has 0 aliphatic heterocycles. The van der Waals surface area contributed by atoms with Gasteiger partial charge in [-0.05, 0) is 24.5 Å². The fourth-order valence-corrected chi connectivity index (χ4v) is 2.08. The summed E-state index contributed by atoms with van der Waals surface area (Å²) < 4.78 is 0. The molecule has 1 aromatic carbocycles. The Morgan fingerprint density at radius 3 is 2.55 bits per heavy atom. The third kappa shape index (κ3) is 3.68. The van der Waals surface area contributed by atoms with E-state index in [1.54, 1.807) is 6.92 Å².